The Morgan fingerprint density at radius 2 is 2.33 bits per heavy atom. The van der Waals surface area contributed by atoms with Gasteiger partial charge in [0.1, 0.15) is 11.4 Å². The number of aromatic amines is 1. The van der Waals surface area contributed by atoms with Gasteiger partial charge in [-0.25, -0.2) is 4.79 Å². The molecule has 0 saturated heterocycles. The second-order valence-corrected chi connectivity index (χ2v) is 4.02. The Kier molecular flexibility index (Phi) is 6.13. The molecule has 1 rings (SSSR count). The molecule has 0 radical (unpaired) electrons. The van der Waals surface area contributed by atoms with Crippen molar-refractivity contribution in [3.63, 3.8) is 0 Å². The molecule has 0 aliphatic carbocycles. The van der Waals surface area contributed by atoms with Crippen LogP contribution in [-0.2, 0) is 4.74 Å². The summed E-state index contributed by atoms with van der Waals surface area (Å²) in [6.07, 6.45) is 3.54. The molecule has 0 aliphatic rings. The molecule has 0 bridgehead atoms. The predicted octanol–water partition coefficient (Wildman–Crippen LogP) is 1.67. The highest BCUT2D eigenvalue weighted by atomic mass is 32.1. The van der Waals surface area contributed by atoms with Crippen LogP contribution in [0.4, 0.5) is 5.82 Å². The molecule has 0 saturated carbocycles. The first-order valence-electron chi connectivity index (χ1n) is 5.94. The van der Waals surface area contributed by atoms with E-state index < -0.39 is 5.97 Å². The molecule has 3 N–H and O–H groups in total. The number of carbonyl (C=O) groups excluding carboxylic acids is 1. The van der Waals surface area contributed by atoms with Crippen LogP contribution in [0.5, 0.6) is 0 Å². The van der Waals surface area contributed by atoms with Crippen molar-refractivity contribution >= 4 is 29.1 Å². The number of hydrogen-bond donors (Lipinski definition) is 3. The van der Waals surface area contributed by atoms with Gasteiger partial charge in [0.25, 0.3) is 0 Å². The van der Waals surface area contributed by atoms with E-state index in [1.807, 2.05) is 0 Å². The van der Waals surface area contributed by atoms with E-state index in [1.165, 1.54) is 6.20 Å². The fourth-order valence-electron chi connectivity index (χ4n) is 1.28. The van der Waals surface area contributed by atoms with Gasteiger partial charge >= 0.3 is 5.97 Å². The SMILES string of the molecule is CCCCNC(=S)Nc1[nH]ncc1C(=O)OCC. The summed E-state index contributed by atoms with van der Waals surface area (Å²) in [5.41, 5.74) is 0.344. The number of unbranched alkanes of at least 4 members (excludes halogenated alkanes) is 1. The highest BCUT2D eigenvalue weighted by Crippen LogP contribution is 2.12. The summed E-state index contributed by atoms with van der Waals surface area (Å²) < 4.78 is 4.90. The van der Waals surface area contributed by atoms with E-state index >= 15 is 0 Å². The smallest absolute Gasteiger partial charge is 0.343 e. The fraction of sp³-hybridized carbons (Fsp3) is 0.545. The molecule has 1 heterocycles. The van der Waals surface area contributed by atoms with E-state index in [0.29, 0.717) is 23.1 Å². The van der Waals surface area contributed by atoms with E-state index in [0.717, 1.165) is 19.4 Å². The Morgan fingerprint density at radius 3 is 3.00 bits per heavy atom. The van der Waals surface area contributed by atoms with Crippen LogP contribution in [0.25, 0.3) is 0 Å². The zero-order valence-corrected chi connectivity index (χ0v) is 11.4. The zero-order chi connectivity index (χ0) is 13.4. The van der Waals surface area contributed by atoms with Gasteiger partial charge in [0.2, 0.25) is 0 Å². The van der Waals surface area contributed by atoms with Gasteiger partial charge in [-0.2, -0.15) is 5.10 Å². The molecule has 18 heavy (non-hydrogen) atoms. The van der Waals surface area contributed by atoms with Gasteiger partial charge < -0.3 is 15.4 Å². The molecule has 0 aromatic carbocycles. The number of nitrogens with one attached hydrogen (secondary N) is 3. The molecule has 0 spiro atoms. The summed E-state index contributed by atoms with van der Waals surface area (Å²) in [6.45, 7) is 4.97. The average molecular weight is 270 g/mol. The molecule has 0 fully saturated rings. The van der Waals surface area contributed by atoms with Gasteiger partial charge in [0.05, 0.1) is 12.8 Å². The first-order chi connectivity index (χ1) is 8.69. The third-order valence-corrected chi connectivity index (χ3v) is 2.44. The maximum atomic E-state index is 11.6. The van der Waals surface area contributed by atoms with Crippen LogP contribution in [0.1, 0.15) is 37.0 Å². The molecule has 100 valence electrons. The second-order valence-electron chi connectivity index (χ2n) is 3.61. The van der Waals surface area contributed by atoms with Gasteiger partial charge in [-0.1, -0.05) is 13.3 Å². The molecule has 1 aromatic rings. The van der Waals surface area contributed by atoms with E-state index in [1.54, 1.807) is 6.92 Å². The first kappa shape index (κ1) is 14.4. The number of nitrogens with zero attached hydrogens (tertiary/aromatic N) is 1. The van der Waals surface area contributed by atoms with Crippen molar-refractivity contribution in [1.29, 1.82) is 0 Å². The summed E-state index contributed by atoms with van der Waals surface area (Å²) in [5, 5.41) is 12.9. The lowest BCUT2D eigenvalue weighted by atomic mass is 10.3. The van der Waals surface area contributed by atoms with Crippen LogP contribution in [0, 0.1) is 0 Å². The average Bonchev–Trinajstić information content (AvgIpc) is 2.78. The van der Waals surface area contributed by atoms with Crippen LogP contribution in [0.2, 0.25) is 0 Å². The number of aromatic nitrogens is 2. The number of esters is 1. The number of H-pyrrole nitrogens is 1. The minimum absolute atomic E-state index is 0.322. The third kappa shape index (κ3) is 4.33. The lowest BCUT2D eigenvalue weighted by Crippen LogP contribution is -2.30. The summed E-state index contributed by atoms with van der Waals surface area (Å²) in [7, 11) is 0. The number of rotatable bonds is 6. The van der Waals surface area contributed by atoms with E-state index in [4.69, 9.17) is 17.0 Å². The second kappa shape index (κ2) is 7.65. The predicted molar refractivity (Wildman–Crippen MR) is 73.7 cm³/mol. The number of thiocarbonyl (C=S) groups is 1. The summed E-state index contributed by atoms with van der Waals surface area (Å²) >= 11 is 5.10. The van der Waals surface area contributed by atoms with Crippen molar-refractivity contribution in [3.8, 4) is 0 Å². The van der Waals surface area contributed by atoms with Crippen molar-refractivity contribution in [1.82, 2.24) is 15.5 Å². The van der Waals surface area contributed by atoms with E-state index in [9.17, 15) is 4.79 Å². The van der Waals surface area contributed by atoms with Gasteiger partial charge in [-0.05, 0) is 25.6 Å². The molecule has 0 aliphatic heterocycles. The van der Waals surface area contributed by atoms with Gasteiger partial charge in [-0.15, -0.1) is 0 Å². The van der Waals surface area contributed by atoms with Crippen molar-refractivity contribution in [2.75, 3.05) is 18.5 Å². The Morgan fingerprint density at radius 1 is 1.56 bits per heavy atom. The summed E-state index contributed by atoms with van der Waals surface area (Å²) in [6, 6.07) is 0. The highest BCUT2D eigenvalue weighted by Gasteiger charge is 2.15. The molecular formula is C11H18N4O2S. The highest BCUT2D eigenvalue weighted by molar-refractivity contribution is 7.80. The van der Waals surface area contributed by atoms with Crippen LogP contribution in [0.15, 0.2) is 6.20 Å². The quantitative estimate of drug-likeness (QED) is 0.414. The van der Waals surface area contributed by atoms with Gasteiger partial charge in [-0.3, -0.25) is 5.10 Å². The fourth-order valence-corrected chi connectivity index (χ4v) is 1.49. The first-order valence-corrected chi connectivity index (χ1v) is 6.35. The third-order valence-electron chi connectivity index (χ3n) is 2.19. The number of carbonyl (C=O) groups is 1. The van der Waals surface area contributed by atoms with Gasteiger partial charge in [0, 0.05) is 6.54 Å². The maximum absolute atomic E-state index is 11.6. The van der Waals surface area contributed by atoms with Crippen molar-refractivity contribution in [2.45, 2.75) is 26.7 Å². The van der Waals surface area contributed by atoms with Crippen LogP contribution < -0.4 is 10.6 Å². The monoisotopic (exact) mass is 270 g/mol. The standard InChI is InChI=1S/C11H18N4O2S/c1-3-5-6-12-11(18)14-9-8(7-13-15-9)10(16)17-4-2/h7H,3-6H2,1-2H3,(H3,12,13,14,15,18). The van der Waals surface area contributed by atoms with Crippen LogP contribution in [-0.4, -0.2) is 34.4 Å². The van der Waals surface area contributed by atoms with Crippen LogP contribution in [0.3, 0.4) is 0 Å². The molecule has 7 heteroatoms. The Bertz CT molecular complexity index is 406. The normalized spacial score (nSPS) is 9.89. The topological polar surface area (TPSA) is 79.0 Å². The van der Waals surface area contributed by atoms with E-state index in [-0.39, 0.29) is 0 Å². The molecular weight excluding hydrogens is 252 g/mol. The van der Waals surface area contributed by atoms with Crippen molar-refractivity contribution in [2.24, 2.45) is 0 Å². The molecule has 6 nitrogen and oxygen atoms in total. The number of ether oxygens (including phenoxy) is 1. The maximum Gasteiger partial charge on any atom is 0.343 e. The summed E-state index contributed by atoms with van der Waals surface area (Å²) in [5.74, 6) is 0.0209. The molecule has 0 amide bonds. The minimum Gasteiger partial charge on any atom is -0.462 e. The Hall–Kier alpha value is -1.63. The van der Waals surface area contributed by atoms with E-state index in [2.05, 4.69) is 27.8 Å². The lowest BCUT2D eigenvalue weighted by molar-refractivity contribution is 0.0527. The Labute approximate surface area is 111 Å². The lowest BCUT2D eigenvalue weighted by Gasteiger charge is -2.09. The Balaban J connectivity index is 2.54. The number of hydrogen-bond acceptors (Lipinski definition) is 4. The molecule has 0 unspecified atom stereocenters. The summed E-state index contributed by atoms with van der Waals surface area (Å²) in [4.78, 5) is 11.6. The largest absolute Gasteiger partial charge is 0.462 e. The zero-order valence-electron chi connectivity index (χ0n) is 10.6. The minimum atomic E-state index is -0.426. The van der Waals surface area contributed by atoms with Gasteiger partial charge in [0.15, 0.2) is 5.11 Å². The molecule has 1 aromatic heterocycles. The van der Waals surface area contributed by atoms with Crippen molar-refractivity contribution < 1.29 is 9.53 Å². The van der Waals surface area contributed by atoms with Crippen molar-refractivity contribution in [3.05, 3.63) is 11.8 Å². The molecule has 0 atom stereocenters. The number of anilines is 1. The van der Waals surface area contributed by atoms with Crippen LogP contribution >= 0.6 is 12.2 Å².